The van der Waals surface area contributed by atoms with E-state index in [1.54, 1.807) is 6.08 Å². The van der Waals surface area contributed by atoms with E-state index >= 15 is 0 Å². The second kappa shape index (κ2) is 9.84. The smallest absolute Gasteiger partial charge is 0.331 e. The van der Waals surface area contributed by atoms with Crippen molar-refractivity contribution in [1.29, 1.82) is 0 Å². The van der Waals surface area contributed by atoms with Crippen LogP contribution < -0.4 is 0 Å². The van der Waals surface area contributed by atoms with Gasteiger partial charge in [0.2, 0.25) is 5.78 Å². The van der Waals surface area contributed by atoms with Crippen molar-refractivity contribution in [3.63, 3.8) is 0 Å². The van der Waals surface area contributed by atoms with Crippen molar-refractivity contribution in [2.24, 2.45) is 29.1 Å². The maximum atomic E-state index is 14.1. The molecule has 0 bridgehead atoms. The summed E-state index contributed by atoms with van der Waals surface area (Å²) in [5.41, 5.74) is 1.41. The highest BCUT2D eigenvalue weighted by atomic mass is 16.6. The fraction of sp³-hybridized carbons (Fsp3) is 0.516. The number of benzene rings is 1. The lowest BCUT2D eigenvalue weighted by molar-refractivity contribution is -0.169. The molecule has 1 aromatic rings. The van der Waals surface area contributed by atoms with E-state index in [2.05, 4.69) is 26.8 Å². The molecule has 3 aliphatic rings. The lowest BCUT2D eigenvalue weighted by Gasteiger charge is -2.34. The lowest BCUT2D eigenvalue weighted by Crippen LogP contribution is -2.48. The fourth-order valence-electron chi connectivity index (χ4n) is 6.45. The molecule has 2 fully saturated rings. The van der Waals surface area contributed by atoms with Gasteiger partial charge in [0.05, 0.1) is 5.92 Å². The lowest BCUT2D eigenvalue weighted by atomic mass is 9.81. The molecule has 0 N–H and O–H groups in total. The number of hydrogen-bond acceptors (Lipinski definition) is 5. The van der Waals surface area contributed by atoms with E-state index in [4.69, 9.17) is 9.47 Å². The van der Waals surface area contributed by atoms with Crippen LogP contribution in [0.2, 0.25) is 0 Å². The van der Waals surface area contributed by atoms with Crippen molar-refractivity contribution in [3.8, 4) is 0 Å². The highest BCUT2D eigenvalue weighted by molar-refractivity contribution is 6.03. The van der Waals surface area contributed by atoms with Gasteiger partial charge in [-0.25, -0.2) is 4.79 Å². The summed E-state index contributed by atoms with van der Waals surface area (Å²) in [6.07, 6.45) is 8.89. The Morgan fingerprint density at radius 3 is 2.42 bits per heavy atom. The number of rotatable bonds is 4. The van der Waals surface area contributed by atoms with Gasteiger partial charge in [0.25, 0.3) is 0 Å². The molecule has 192 valence electrons. The summed E-state index contributed by atoms with van der Waals surface area (Å²) in [6, 6.07) is 9.53. The minimum atomic E-state index is -1.39. The van der Waals surface area contributed by atoms with Crippen molar-refractivity contribution >= 4 is 23.8 Å². The summed E-state index contributed by atoms with van der Waals surface area (Å²) in [5, 5.41) is 0. The average molecular weight is 491 g/mol. The first kappa shape index (κ1) is 26.1. The first-order valence-electron chi connectivity index (χ1n) is 13.0. The maximum Gasteiger partial charge on any atom is 0.331 e. The molecule has 0 saturated heterocycles. The van der Waals surface area contributed by atoms with Crippen molar-refractivity contribution < 1.29 is 23.9 Å². The van der Waals surface area contributed by atoms with Crippen LogP contribution in [0.3, 0.4) is 0 Å². The highest BCUT2D eigenvalue weighted by Crippen LogP contribution is 2.62. The molecule has 0 heterocycles. The zero-order valence-electron chi connectivity index (χ0n) is 22.2. The van der Waals surface area contributed by atoms with Crippen LogP contribution >= 0.6 is 0 Å². The van der Waals surface area contributed by atoms with Crippen molar-refractivity contribution in [2.75, 3.05) is 0 Å². The first-order chi connectivity index (χ1) is 17.0. The van der Waals surface area contributed by atoms with Gasteiger partial charge in [0, 0.05) is 19.4 Å². The van der Waals surface area contributed by atoms with Gasteiger partial charge in [-0.3, -0.25) is 9.59 Å². The van der Waals surface area contributed by atoms with E-state index in [-0.39, 0.29) is 17.1 Å². The Morgan fingerprint density at radius 2 is 1.75 bits per heavy atom. The minimum Gasteiger partial charge on any atom is -0.458 e. The predicted octanol–water partition coefficient (Wildman–Crippen LogP) is 6.10. The third-order valence-electron chi connectivity index (χ3n) is 8.49. The van der Waals surface area contributed by atoms with Crippen LogP contribution in [0, 0.1) is 29.1 Å². The fourth-order valence-corrected chi connectivity index (χ4v) is 6.45. The number of esters is 2. The topological polar surface area (TPSA) is 69.7 Å². The molecular formula is C31H38O5. The Morgan fingerprint density at radius 1 is 1.06 bits per heavy atom. The van der Waals surface area contributed by atoms with E-state index in [1.807, 2.05) is 50.3 Å². The summed E-state index contributed by atoms with van der Waals surface area (Å²) in [5.74, 6) is -1.04. The Kier molecular flexibility index (Phi) is 7.14. The molecule has 0 amide bonds. The molecule has 36 heavy (non-hydrogen) atoms. The van der Waals surface area contributed by atoms with Crippen LogP contribution in [0.25, 0.3) is 6.08 Å². The van der Waals surface area contributed by atoms with E-state index in [0.29, 0.717) is 23.8 Å². The van der Waals surface area contributed by atoms with E-state index < -0.39 is 29.6 Å². The standard InChI is InChI=1S/C31H38O5/c1-19-12-14-24-25(30(24,5)6)17-20(2)29(34)31(36-22(4)32)18-21(3)28(26(31)16-19)35-27(33)15-13-23-10-8-7-9-11-23/h7-11,13,15-17,21,24-26,28H,12,14,18H2,1-6H3/b15-13+,19-16-,20-17+/t21-,24-,25+,26-,28-,31+/m0/s1. The molecule has 5 nitrogen and oxygen atoms in total. The van der Waals surface area contributed by atoms with Crippen LogP contribution in [-0.4, -0.2) is 29.4 Å². The number of carbonyl (C=O) groups excluding carboxylic acids is 3. The largest absolute Gasteiger partial charge is 0.458 e. The molecule has 0 aliphatic heterocycles. The van der Waals surface area contributed by atoms with Crippen LogP contribution in [0.15, 0.2) is 59.7 Å². The molecule has 4 rings (SSSR count). The minimum absolute atomic E-state index is 0.154. The number of ether oxygens (including phenoxy) is 2. The van der Waals surface area contributed by atoms with Gasteiger partial charge in [-0.05, 0) is 67.1 Å². The van der Waals surface area contributed by atoms with Crippen LogP contribution in [-0.2, 0) is 23.9 Å². The van der Waals surface area contributed by atoms with Crippen LogP contribution in [0.4, 0.5) is 0 Å². The molecule has 2 saturated carbocycles. The predicted molar refractivity (Wildman–Crippen MR) is 140 cm³/mol. The summed E-state index contributed by atoms with van der Waals surface area (Å²) >= 11 is 0. The van der Waals surface area contributed by atoms with Crippen LogP contribution in [0.1, 0.15) is 66.4 Å². The first-order valence-corrected chi connectivity index (χ1v) is 13.0. The van der Waals surface area contributed by atoms with E-state index in [9.17, 15) is 14.4 Å². The Hall–Kier alpha value is -2.95. The van der Waals surface area contributed by atoms with Crippen LogP contribution in [0.5, 0.6) is 0 Å². The van der Waals surface area contributed by atoms with Gasteiger partial charge in [0.15, 0.2) is 5.60 Å². The summed E-state index contributed by atoms with van der Waals surface area (Å²) in [4.78, 5) is 39.3. The zero-order chi connectivity index (χ0) is 26.3. The third-order valence-corrected chi connectivity index (χ3v) is 8.49. The summed E-state index contributed by atoms with van der Waals surface area (Å²) in [7, 11) is 0. The average Bonchev–Trinajstić information content (AvgIpc) is 3.23. The number of ketones is 1. The highest BCUT2D eigenvalue weighted by Gasteiger charge is 2.61. The molecule has 0 spiro atoms. The Balaban J connectivity index is 1.70. The summed E-state index contributed by atoms with van der Waals surface area (Å²) in [6.45, 7) is 11.7. The molecule has 1 aromatic carbocycles. The SMILES string of the molecule is CC(=O)O[C@]12C[C@H](C)[C@H](OC(=O)/C=C/c3ccccc3)[C@@H]1/C=C(/C)CC[C@H]1[C@@H](/C=C(\C)C2=O)C1(C)C. The Bertz CT molecular complexity index is 1120. The van der Waals surface area contributed by atoms with Gasteiger partial charge in [-0.15, -0.1) is 0 Å². The van der Waals surface area contributed by atoms with Gasteiger partial charge in [-0.1, -0.05) is 68.8 Å². The van der Waals surface area contributed by atoms with Crippen molar-refractivity contribution in [1.82, 2.24) is 0 Å². The number of allylic oxidation sites excluding steroid dienone is 2. The van der Waals surface area contributed by atoms with Crippen molar-refractivity contribution in [3.05, 3.63) is 65.3 Å². The molecule has 0 unspecified atom stereocenters. The van der Waals surface area contributed by atoms with Gasteiger partial charge < -0.3 is 9.47 Å². The second-order valence-corrected chi connectivity index (χ2v) is 11.5. The monoisotopic (exact) mass is 490 g/mol. The Labute approximate surface area is 214 Å². The second-order valence-electron chi connectivity index (χ2n) is 11.5. The van der Waals surface area contributed by atoms with Crippen molar-refractivity contribution in [2.45, 2.75) is 72.5 Å². The molecule has 6 atom stereocenters. The van der Waals surface area contributed by atoms with E-state index in [0.717, 1.165) is 24.0 Å². The van der Waals surface area contributed by atoms with E-state index in [1.165, 1.54) is 13.0 Å². The molecule has 0 aromatic heterocycles. The number of fused-ring (bicyclic) bond motifs is 2. The third kappa shape index (κ3) is 4.98. The summed E-state index contributed by atoms with van der Waals surface area (Å²) < 4.78 is 11.9. The van der Waals surface area contributed by atoms with Gasteiger partial charge >= 0.3 is 11.9 Å². The molecule has 5 heteroatoms. The molecular weight excluding hydrogens is 452 g/mol. The zero-order valence-corrected chi connectivity index (χ0v) is 22.2. The molecule has 3 aliphatic carbocycles. The number of hydrogen-bond donors (Lipinski definition) is 0. The van der Waals surface area contributed by atoms with Gasteiger partial charge in [-0.2, -0.15) is 0 Å². The number of Topliss-reactive ketones (excluding diaryl/α,β-unsaturated/α-hetero) is 1. The van der Waals surface area contributed by atoms with Gasteiger partial charge in [0.1, 0.15) is 6.10 Å². The number of carbonyl (C=O) groups is 3. The normalized spacial score (nSPS) is 36.4. The molecule has 0 radical (unpaired) electrons. The quantitative estimate of drug-likeness (QED) is 0.290. The maximum absolute atomic E-state index is 14.1.